The molecule has 0 saturated heterocycles. The molecular weight excluding hydrogens is 384 g/mol. The summed E-state index contributed by atoms with van der Waals surface area (Å²) >= 11 is 0. The van der Waals surface area contributed by atoms with Crippen LogP contribution in [-0.4, -0.2) is 30.9 Å². The number of aromatic nitrogens is 5. The Kier molecular flexibility index (Phi) is 5.70. The zero-order valence-corrected chi connectivity index (χ0v) is 15.9. The van der Waals surface area contributed by atoms with Crippen LogP contribution in [0, 0.1) is 0 Å². The van der Waals surface area contributed by atoms with E-state index in [4.69, 9.17) is 4.74 Å². The summed E-state index contributed by atoms with van der Waals surface area (Å²) in [5, 5.41) is 11.1. The van der Waals surface area contributed by atoms with Crippen LogP contribution >= 0.6 is 0 Å². The topological polar surface area (TPSA) is 112 Å². The van der Waals surface area contributed by atoms with Gasteiger partial charge in [-0.2, -0.15) is 0 Å². The van der Waals surface area contributed by atoms with Crippen LogP contribution in [0.15, 0.2) is 71.9 Å². The van der Waals surface area contributed by atoms with E-state index in [0.29, 0.717) is 29.1 Å². The Hall–Kier alpha value is -4.14. The molecule has 0 fully saturated rings. The first-order valence-electron chi connectivity index (χ1n) is 9.30. The fraction of sp³-hybridized carbons (Fsp3) is 0.143. The third kappa shape index (κ3) is 4.46. The number of pyridine rings is 2. The highest BCUT2D eigenvalue weighted by Crippen LogP contribution is 2.22. The zero-order valence-electron chi connectivity index (χ0n) is 15.9. The van der Waals surface area contributed by atoms with Gasteiger partial charge in [-0.05, 0) is 42.0 Å². The van der Waals surface area contributed by atoms with E-state index in [2.05, 4.69) is 25.6 Å². The minimum Gasteiger partial charge on any atom is -0.485 e. The van der Waals surface area contributed by atoms with Crippen molar-refractivity contribution >= 4 is 22.6 Å². The molecule has 3 aromatic heterocycles. The first kappa shape index (κ1) is 19.2. The monoisotopic (exact) mass is 402 g/mol. The Morgan fingerprint density at radius 3 is 2.73 bits per heavy atom. The molecule has 1 amide bonds. The zero-order chi connectivity index (χ0) is 20.8. The van der Waals surface area contributed by atoms with Crippen molar-refractivity contribution < 1.29 is 9.53 Å². The molecule has 1 aromatic carbocycles. The maximum absolute atomic E-state index is 12.5. The van der Waals surface area contributed by atoms with Gasteiger partial charge in [0.1, 0.15) is 12.1 Å². The number of nitrogens with one attached hydrogen (secondary N) is 1. The standard InChI is InChI=1S/C21H18N6O3/c28-19(9-13-27-21(29)16-4-1-2-5-17(16)25-26-27)24-20-18(6-3-10-23-20)30-14-15-7-11-22-12-8-15/h1-8,10-12H,9,13-14H2,(H,23,24,28). The molecular formula is C21H18N6O3. The molecule has 4 aromatic rings. The Morgan fingerprint density at radius 2 is 1.87 bits per heavy atom. The highest BCUT2D eigenvalue weighted by Gasteiger charge is 2.11. The van der Waals surface area contributed by atoms with Gasteiger partial charge in [0.15, 0.2) is 11.6 Å². The Bertz CT molecular complexity index is 1230. The maximum atomic E-state index is 12.5. The Labute approximate surface area is 171 Å². The first-order valence-corrected chi connectivity index (χ1v) is 9.30. The van der Waals surface area contributed by atoms with Crippen LogP contribution in [0.1, 0.15) is 12.0 Å². The molecule has 0 aliphatic heterocycles. The second-order valence-corrected chi connectivity index (χ2v) is 6.43. The van der Waals surface area contributed by atoms with Crippen LogP contribution in [0.3, 0.4) is 0 Å². The lowest BCUT2D eigenvalue weighted by Gasteiger charge is -2.11. The molecule has 0 saturated carbocycles. The second kappa shape index (κ2) is 8.91. The van der Waals surface area contributed by atoms with E-state index in [1.807, 2.05) is 12.1 Å². The lowest BCUT2D eigenvalue weighted by molar-refractivity contribution is -0.116. The molecule has 0 aliphatic carbocycles. The SMILES string of the molecule is O=C(CCn1nnc2ccccc2c1=O)Nc1ncccc1OCc1ccncc1. The molecule has 0 bridgehead atoms. The molecule has 9 heteroatoms. The molecule has 3 heterocycles. The summed E-state index contributed by atoms with van der Waals surface area (Å²) in [7, 11) is 0. The summed E-state index contributed by atoms with van der Waals surface area (Å²) in [5.74, 6) is 0.447. The van der Waals surface area contributed by atoms with E-state index in [-0.39, 0.29) is 24.4 Å². The van der Waals surface area contributed by atoms with E-state index < -0.39 is 0 Å². The van der Waals surface area contributed by atoms with Crippen LogP contribution in [0.4, 0.5) is 5.82 Å². The van der Waals surface area contributed by atoms with Crippen molar-refractivity contribution in [2.24, 2.45) is 0 Å². The average molecular weight is 402 g/mol. The third-order valence-corrected chi connectivity index (χ3v) is 4.35. The molecule has 4 rings (SSSR count). The largest absolute Gasteiger partial charge is 0.485 e. The Balaban J connectivity index is 1.40. The number of benzene rings is 1. The summed E-state index contributed by atoms with van der Waals surface area (Å²) < 4.78 is 6.95. The molecule has 9 nitrogen and oxygen atoms in total. The van der Waals surface area contributed by atoms with E-state index >= 15 is 0 Å². The summed E-state index contributed by atoms with van der Waals surface area (Å²) in [4.78, 5) is 33.0. The summed E-state index contributed by atoms with van der Waals surface area (Å²) in [6.45, 7) is 0.418. The van der Waals surface area contributed by atoms with E-state index in [0.717, 1.165) is 5.56 Å². The number of hydrogen-bond acceptors (Lipinski definition) is 7. The number of aryl methyl sites for hydroxylation is 1. The van der Waals surface area contributed by atoms with Crippen molar-refractivity contribution in [1.29, 1.82) is 0 Å². The predicted octanol–water partition coefficient (Wildman–Crippen LogP) is 2.19. The fourth-order valence-corrected chi connectivity index (χ4v) is 2.81. The van der Waals surface area contributed by atoms with Gasteiger partial charge >= 0.3 is 0 Å². The lowest BCUT2D eigenvalue weighted by Crippen LogP contribution is -2.26. The number of ether oxygens (including phenoxy) is 1. The van der Waals surface area contributed by atoms with Crippen molar-refractivity contribution in [2.45, 2.75) is 19.6 Å². The van der Waals surface area contributed by atoms with Gasteiger partial charge in [-0.3, -0.25) is 14.6 Å². The van der Waals surface area contributed by atoms with E-state index in [9.17, 15) is 9.59 Å². The van der Waals surface area contributed by atoms with E-state index in [1.165, 1.54) is 4.68 Å². The molecule has 30 heavy (non-hydrogen) atoms. The van der Waals surface area contributed by atoms with Crippen molar-refractivity contribution in [2.75, 3.05) is 5.32 Å². The van der Waals surface area contributed by atoms with Gasteiger partial charge in [0.05, 0.1) is 11.9 Å². The highest BCUT2D eigenvalue weighted by molar-refractivity contribution is 5.91. The number of fused-ring (bicyclic) bond motifs is 1. The average Bonchev–Trinajstić information content (AvgIpc) is 2.79. The van der Waals surface area contributed by atoms with Crippen molar-refractivity contribution in [3.63, 3.8) is 0 Å². The van der Waals surface area contributed by atoms with Gasteiger partial charge in [0.2, 0.25) is 5.91 Å². The summed E-state index contributed by atoms with van der Waals surface area (Å²) in [5.41, 5.74) is 1.18. The van der Waals surface area contributed by atoms with Gasteiger partial charge in [-0.15, -0.1) is 5.10 Å². The van der Waals surface area contributed by atoms with Gasteiger partial charge in [0, 0.05) is 25.0 Å². The van der Waals surface area contributed by atoms with E-state index in [1.54, 1.807) is 55.0 Å². The van der Waals surface area contributed by atoms with Gasteiger partial charge in [-0.25, -0.2) is 9.67 Å². The van der Waals surface area contributed by atoms with Gasteiger partial charge in [0.25, 0.3) is 5.56 Å². The fourth-order valence-electron chi connectivity index (χ4n) is 2.81. The maximum Gasteiger partial charge on any atom is 0.277 e. The van der Waals surface area contributed by atoms with Crippen molar-refractivity contribution in [3.8, 4) is 5.75 Å². The summed E-state index contributed by atoms with van der Waals surface area (Å²) in [6.07, 6.45) is 4.96. The van der Waals surface area contributed by atoms with Crippen LogP contribution in [0.25, 0.3) is 10.9 Å². The number of hydrogen-bond donors (Lipinski definition) is 1. The number of amides is 1. The van der Waals surface area contributed by atoms with Crippen molar-refractivity contribution in [1.82, 2.24) is 25.0 Å². The predicted molar refractivity (Wildman–Crippen MR) is 110 cm³/mol. The first-order chi connectivity index (χ1) is 14.7. The number of nitrogens with zero attached hydrogens (tertiary/aromatic N) is 5. The number of carbonyl (C=O) groups is 1. The summed E-state index contributed by atoms with van der Waals surface area (Å²) in [6, 6.07) is 14.1. The molecule has 1 N–H and O–H groups in total. The number of carbonyl (C=O) groups excluding carboxylic acids is 1. The number of anilines is 1. The van der Waals surface area contributed by atoms with Crippen LogP contribution in [0.5, 0.6) is 5.75 Å². The molecule has 0 atom stereocenters. The molecule has 150 valence electrons. The minimum atomic E-state index is -0.315. The van der Waals surface area contributed by atoms with Gasteiger partial charge < -0.3 is 10.1 Å². The normalized spacial score (nSPS) is 10.7. The van der Waals surface area contributed by atoms with Crippen LogP contribution in [0.2, 0.25) is 0 Å². The number of rotatable bonds is 7. The quantitative estimate of drug-likeness (QED) is 0.504. The molecule has 0 unspecified atom stereocenters. The lowest BCUT2D eigenvalue weighted by atomic mass is 10.2. The molecule has 0 aliphatic rings. The molecule has 0 radical (unpaired) electrons. The van der Waals surface area contributed by atoms with Crippen LogP contribution in [-0.2, 0) is 17.9 Å². The molecule has 0 spiro atoms. The Morgan fingerprint density at radius 1 is 1.03 bits per heavy atom. The third-order valence-electron chi connectivity index (χ3n) is 4.35. The van der Waals surface area contributed by atoms with Crippen LogP contribution < -0.4 is 15.6 Å². The van der Waals surface area contributed by atoms with Gasteiger partial charge in [-0.1, -0.05) is 17.3 Å². The smallest absolute Gasteiger partial charge is 0.277 e. The highest BCUT2D eigenvalue weighted by atomic mass is 16.5. The second-order valence-electron chi connectivity index (χ2n) is 6.43. The minimum absolute atomic E-state index is 0.0350. The van der Waals surface area contributed by atoms with Crippen molar-refractivity contribution in [3.05, 3.63) is 83.0 Å².